The van der Waals surface area contributed by atoms with Crippen molar-refractivity contribution < 1.29 is 9.90 Å². The van der Waals surface area contributed by atoms with Gasteiger partial charge in [-0.3, -0.25) is 0 Å². The number of anilines is 2. The Morgan fingerprint density at radius 1 is 1.41 bits per heavy atom. The van der Waals surface area contributed by atoms with Crippen molar-refractivity contribution in [1.29, 1.82) is 0 Å². The number of aliphatic hydroxyl groups excluding tert-OH is 1. The monoisotopic (exact) mass is 305 g/mol. The van der Waals surface area contributed by atoms with Gasteiger partial charge >= 0.3 is 6.03 Å². The van der Waals surface area contributed by atoms with Crippen molar-refractivity contribution in [3.8, 4) is 0 Å². The van der Waals surface area contributed by atoms with E-state index < -0.39 is 0 Å². The van der Waals surface area contributed by atoms with Gasteiger partial charge in [0.05, 0.1) is 12.6 Å². The zero-order chi connectivity index (χ0) is 15.9. The van der Waals surface area contributed by atoms with Crippen LogP contribution in [0.4, 0.5) is 16.2 Å². The predicted molar refractivity (Wildman–Crippen MR) is 90.4 cm³/mol. The molecule has 1 aliphatic rings. The fraction of sp³-hybridized carbons (Fsp3) is 0.588. The fourth-order valence-electron chi connectivity index (χ4n) is 2.68. The van der Waals surface area contributed by atoms with Gasteiger partial charge in [0, 0.05) is 24.5 Å². The summed E-state index contributed by atoms with van der Waals surface area (Å²) in [6.45, 7) is 6.32. The van der Waals surface area contributed by atoms with E-state index in [1.807, 2.05) is 25.1 Å². The van der Waals surface area contributed by atoms with Crippen LogP contribution in [0.3, 0.4) is 0 Å². The second kappa shape index (κ2) is 8.03. The molecular weight excluding hydrogens is 278 g/mol. The summed E-state index contributed by atoms with van der Waals surface area (Å²) < 4.78 is 0. The van der Waals surface area contributed by atoms with E-state index in [1.54, 1.807) is 0 Å². The van der Waals surface area contributed by atoms with E-state index in [0.717, 1.165) is 30.4 Å². The minimum Gasteiger partial charge on any atom is -0.394 e. The molecule has 3 N–H and O–H groups in total. The lowest BCUT2D eigenvalue weighted by molar-refractivity contribution is 0.222. The van der Waals surface area contributed by atoms with Crippen LogP contribution in [0.5, 0.6) is 0 Å². The molecular formula is C17H27N3O2. The van der Waals surface area contributed by atoms with Gasteiger partial charge in [-0.25, -0.2) is 4.79 Å². The molecule has 2 rings (SSSR count). The summed E-state index contributed by atoms with van der Waals surface area (Å²) in [5, 5.41) is 14.7. The summed E-state index contributed by atoms with van der Waals surface area (Å²) in [5.74, 6) is 0.799. The number of amides is 2. The number of hydrogen-bond donors (Lipinski definition) is 3. The molecule has 122 valence electrons. The largest absolute Gasteiger partial charge is 0.394 e. The zero-order valence-corrected chi connectivity index (χ0v) is 13.5. The Balaban J connectivity index is 1.95. The second-order valence-electron chi connectivity index (χ2n) is 6.11. The maximum atomic E-state index is 11.9. The van der Waals surface area contributed by atoms with Crippen molar-refractivity contribution in [2.45, 2.75) is 39.2 Å². The molecule has 22 heavy (non-hydrogen) atoms. The number of urea groups is 1. The van der Waals surface area contributed by atoms with Crippen molar-refractivity contribution in [1.82, 2.24) is 5.32 Å². The average Bonchev–Trinajstić information content (AvgIpc) is 2.53. The standard InChI is InChI=1S/C17H27N3O2/c1-3-14(12-21)18-17(22)19-15-5-4-6-16(11-15)20-9-7-13(2)8-10-20/h4-6,11,13-14,21H,3,7-10,12H2,1-2H3,(H2,18,19,22)/t14-/m1/s1. The normalized spacial score (nSPS) is 17.1. The number of aliphatic hydroxyl groups is 1. The van der Waals surface area contributed by atoms with Crippen LogP contribution in [0.15, 0.2) is 24.3 Å². The van der Waals surface area contributed by atoms with E-state index in [9.17, 15) is 4.79 Å². The predicted octanol–water partition coefficient (Wildman–Crippen LogP) is 2.82. The summed E-state index contributed by atoms with van der Waals surface area (Å²) >= 11 is 0. The molecule has 0 bridgehead atoms. The number of rotatable bonds is 5. The minimum absolute atomic E-state index is 0.0457. The van der Waals surface area contributed by atoms with Gasteiger partial charge in [-0.2, -0.15) is 0 Å². The van der Waals surface area contributed by atoms with Crippen LogP contribution < -0.4 is 15.5 Å². The van der Waals surface area contributed by atoms with E-state index in [1.165, 1.54) is 12.8 Å². The molecule has 0 saturated carbocycles. The Bertz CT molecular complexity index is 481. The summed E-state index contributed by atoms with van der Waals surface area (Å²) in [7, 11) is 0. The molecule has 2 amide bonds. The second-order valence-corrected chi connectivity index (χ2v) is 6.11. The highest BCUT2D eigenvalue weighted by molar-refractivity contribution is 5.90. The smallest absolute Gasteiger partial charge is 0.319 e. The van der Waals surface area contributed by atoms with Crippen LogP contribution in [0.25, 0.3) is 0 Å². The van der Waals surface area contributed by atoms with Gasteiger partial charge in [-0.1, -0.05) is 19.9 Å². The lowest BCUT2D eigenvalue weighted by atomic mass is 9.99. The highest BCUT2D eigenvalue weighted by atomic mass is 16.3. The topological polar surface area (TPSA) is 64.6 Å². The van der Waals surface area contributed by atoms with Crippen molar-refractivity contribution in [3.05, 3.63) is 24.3 Å². The molecule has 5 heteroatoms. The lowest BCUT2D eigenvalue weighted by Gasteiger charge is -2.32. The van der Waals surface area contributed by atoms with Crippen LogP contribution in [-0.2, 0) is 0 Å². The number of benzene rings is 1. The number of hydrogen-bond acceptors (Lipinski definition) is 3. The van der Waals surface area contributed by atoms with E-state index >= 15 is 0 Å². The number of piperidine rings is 1. The van der Waals surface area contributed by atoms with Crippen LogP contribution in [-0.4, -0.2) is 36.9 Å². The highest BCUT2D eigenvalue weighted by Gasteiger charge is 2.16. The first-order valence-electron chi connectivity index (χ1n) is 8.15. The first kappa shape index (κ1) is 16.6. The van der Waals surface area contributed by atoms with Crippen molar-refractivity contribution in [2.75, 3.05) is 29.9 Å². The molecule has 0 unspecified atom stereocenters. The van der Waals surface area contributed by atoms with Crippen LogP contribution in [0.2, 0.25) is 0 Å². The first-order chi connectivity index (χ1) is 10.6. The molecule has 0 spiro atoms. The van der Waals surface area contributed by atoms with E-state index in [-0.39, 0.29) is 18.7 Å². The highest BCUT2D eigenvalue weighted by Crippen LogP contribution is 2.25. The number of nitrogens with one attached hydrogen (secondary N) is 2. The molecule has 0 aliphatic carbocycles. The minimum atomic E-state index is -0.273. The summed E-state index contributed by atoms with van der Waals surface area (Å²) in [4.78, 5) is 14.3. The lowest BCUT2D eigenvalue weighted by Crippen LogP contribution is -2.39. The Morgan fingerprint density at radius 2 is 2.14 bits per heavy atom. The maximum absolute atomic E-state index is 11.9. The molecule has 1 atom stereocenters. The van der Waals surface area contributed by atoms with Gasteiger partial charge in [-0.05, 0) is 43.4 Å². The van der Waals surface area contributed by atoms with Gasteiger partial charge in [0.25, 0.3) is 0 Å². The molecule has 5 nitrogen and oxygen atoms in total. The fourth-order valence-corrected chi connectivity index (χ4v) is 2.68. The first-order valence-corrected chi connectivity index (χ1v) is 8.15. The Morgan fingerprint density at radius 3 is 2.77 bits per heavy atom. The third-order valence-electron chi connectivity index (χ3n) is 4.30. The van der Waals surface area contributed by atoms with E-state index in [2.05, 4.69) is 28.5 Å². The van der Waals surface area contributed by atoms with Gasteiger partial charge in [0.15, 0.2) is 0 Å². The molecule has 1 aromatic rings. The number of carbonyl (C=O) groups is 1. The third kappa shape index (κ3) is 4.63. The van der Waals surface area contributed by atoms with Crippen LogP contribution >= 0.6 is 0 Å². The summed E-state index contributed by atoms with van der Waals surface area (Å²) in [5.41, 5.74) is 1.93. The SMILES string of the molecule is CC[C@H](CO)NC(=O)Nc1cccc(N2CCC(C)CC2)c1. The van der Waals surface area contributed by atoms with Crippen LogP contribution in [0, 0.1) is 5.92 Å². The number of carbonyl (C=O) groups excluding carboxylic acids is 1. The molecule has 1 saturated heterocycles. The molecule has 1 heterocycles. The van der Waals surface area contributed by atoms with E-state index in [0.29, 0.717) is 6.42 Å². The average molecular weight is 305 g/mol. The van der Waals surface area contributed by atoms with Gasteiger partial charge in [0.2, 0.25) is 0 Å². The van der Waals surface area contributed by atoms with Crippen molar-refractivity contribution >= 4 is 17.4 Å². The quantitative estimate of drug-likeness (QED) is 0.784. The Hall–Kier alpha value is -1.75. The Kier molecular flexibility index (Phi) is 6.07. The van der Waals surface area contributed by atoms with Crippen LogP contribution in [0.1, 0.15) is 33.1 Å². The van der Waals surface area contributed by atoms with E-state index in [4.69, 9.17) is 5.11 Å². The maximum Gasteiger partial charge on any atom is 0.319 e. The third-order valence-corrected chi connectivity index (χ3v) is 4.30. The van der Waals surface area contributed by atoms with Crippen molar-refractivity contribution in [2.24, 2.45) is 5.92 Å². The molecule has 0 radical (unpaired) electrons. The summed E-state index contributed by atoms with van der Waals surface area (Å²) in [6.07, 6.45) is 3.13. The van der Waals surface area contributed by atoms with Gasteiger partial charge in [0.1, 0.15) is 0 Å². The number of nitrogens with zero attached hydrogens (tertiary/aromatic N) is 1. The van der Waals surface area contributed by atoms with Gasteiger partial charge < -0.3 is 20.6 Å². The molecule has 1 aliphatic heterocycles. The molecule has 0 aromatic heterocycles. The zero-order valence-electron chi connectivity index (χ0n) is 13.5. The van der Waals surface area contributed by atoms with Gasteiger partial charge in [-0.15, -0.1) is 0 Å². The Labute approximate surface area is 132 Å². The molecule has 1 aromatic carbocycles. The molecule has 1 fully saturated rings. The van der Waals surface area contributed by atoms with Crippen molar-refractivity contribution in [3.63, 3.8) is 0 Å². The summed E-state index contributed by atoms with van der Waals surface area (Å²) in [6, 6.07) is 7.47.